The number of fused-ring (bicyclic) bond motifs is 2. The van der Waals surface area contributed by atoms with Crippen LogP contribution in [-0.2, 0) is 13.0 Å². The highest BCUT2D eigenvalue weighted by Gasteiger charge is 2.20. The predicted octanol–water partition coefficient (Wildman–Crippen LogP) is 4.35. The van der Waals surface area contributed by atoms with Crippen LogP contribution in [0.2, 0.25) is 0 Å². The molecule has 148 valence electrons. The second-order valence-corrected chi connectivity index (χ2v) is 8.28. The van der Waals surface area contributed by atoms with E-state index < -0.39 is 6.10 Å². The summed E-state index contributed by atoms with van der Waals surface area (Å²) in [4.78, 5) is 2.29. The molecule has 0 aliphatic carbocycles. The van der Waals surface area contributed by atoms with E-state index in [-0.39, 0.29) is 6.61 Å². The standard InChI is InChI=1S/C23H22N2O3S/c26-18(14-25-11-9-16-5-1-2-6-17(16)13-25)15-27-20-8-4-3-7-19(20)22-23-21(28-24-22)10-12-29-23/h1-8,10,12,18,26H,9,11,13-15H2. The van der Waals surface area contributed by atoms with Crippen LogP contribution >= 0.6 is 11.3 Å². The van der Waals surface area contributed by atoms with E-state index in [1.165, 1.54) is 11.1 Å². The number of rotatable bonds is 6. The average molecular weight is 407 g/mol. The molecular formula is C23H22N2O3S. The molecule has 5 nitrogen and oxygen atoms in total. The van der Waals surface area contributed by atoms with Crippen molar-refractivity contribution >= 4 is 21.6 Å². The molecule has 3 heterocycles. The van der Waals surface area contributed by atoms with E-state index in [4.69, 9.17) is 9.26 Å². The van der Waals surface area contributed by atoms with E-state index >= 15 is 0 Å². The van der Waals surface area contributed by atoms with Gasteiger partial charge in [0.2, 0.25) is 0 Å². The van der Waals surface area contributed by atoms with Gasteiger partial charge < -0.3 is 14.4 Å². The van der Waals surface area contributed by atoms with Crippen molar-refractivity contribution in [3.63, 3.8) is 0 Å². The number of hydrogen-bond donors (Lipinski definition) is 1. The first-order chi connectivity index (χ1) is 14.3. The van der Waals surface area contributed by atoms with E-state index in [2.05, 4.69) is 34.3 Å². The summed E-state index contributed by atoms with van der Waals surface area (Å²) in [6.07, 6.45) is 0.461. The third kappa shape index (κ3) is 3.79. The molecule has 0 amide bonds. The maximum absolute atomic E-state index is 10.6. The van der Waals surface area contributed by atoms with E-state index in [0.717, 1.165) is 41.1 Å². The zero-order valence-electron chi connectivity index (χ0n) is 16.0. The number of thiophene rings is 1. The van der Waals surface area contributed by atoms with Crippen LogP contribution in [-0.4, -0.2) is 41.0 Å². The largest absolute Gasteiger partial charge is 0.490 e. The van der Waals surface area contributed by atoms with Crippen molar-refractivity contribution in [2.24, 2.45) is 0 Å². The number of para-hydroxylation sites is 1. The van der Waals surface area contributed by atoms with Crippen LogP contribution in [0.15, 0.2) is 64.5 Å². The molecule has 0 saturated heterocycles. The number of benzene rings is 2. The van der Waals surface area contributed by atoms with Gasteiger partial charge in [-0.05, 0) is 41.1 Å². The highest BCUT2D eigenvalue weighted by atomic mass is 32.1. The molecule has 6 heteroatoms. The molecular weight excluding hydrogens is 384 g/mol. The third-order valence-electron chi connectivity index (χ3n) is 5.33. The molecule has 1 aliphatic rings. The number of hydrogen-bond acceptors (Lipinski definition) is 6. The first kappa shape index (κ1) is 18.4. The molecule has 29 heavy (non-hydrogen) atoms. The van der Waals surface area contributed by atoms with Crippen molar-refractivity contribution in [1.29, 1.82) is 0 Å². The molecule has 2 aromatic heterocycles. The van der Waals surface area contributed by atoms with Crippen LogP contribution in [0.5, 0.6) is 5.75 Å². The lowest BCUT2D eigenvalue weighted by atomic mass is 10.00. The molecule has 0 spiro atoms. The number of nitrogens with zero attached hydrogens (tertiary/aromatic N) is 2. The zero-order valence-corrected chi connectivity index (χ0v) is 16.8. The van der Waals surface area contributed by atoms with Crippen LogP contribution in [0.1, 0.15) is 11.1 Å². The summed E-state index contributed by atoms with van der Waals surface area (Å²) in [6.45, 7) is 2.66. The van der Waals surface area contributed by atoms with Crippen molar-refractivity contribution in [2.75, 3.05) is 19.7 Å². The second kappa shape index (κ2) is 7.99. The van der Waals surface area contributed by atoms with Crippen LogP contribution < -0.4 is 4.74 Å². The number of β-amino-alcohol motifs (C(OH)–C–C–N with tert-alkyl or cyclic N) is 1. The Morgan fingerprint density at radius 1 is 1.10 bits per heavy atom. The van der Waals surface area contributed by atoms with Gasteiger partial charge in [-0.2, -0.15) is 0 Å². The lowest BCUT2D eigenvalue weighted by molar-refractivity contribution is 0.0639. The zero-order chi connectivity index (χ0) is 19.6. The number of ether oxygens (including phenoxy) is 1. The maximum atomic E-state index is 10.6. The van der Waals surface area contributed by atoms with Crippen molar-refractivity contribution < 1.29 is 14.4 Å². The summed E-state index contributed by atoms with van der Waals surface area (Å²) in [7, 11) is 0. The third-order valence-corrected chi connectivity index (χ3v) is 6.23. The Bertz CT molecular complexity index is 1120. The van der Waals surface area contributed by atoms with Gasteiger partial charge >= 0.3 is 0 Å². The number of aliphatic hydroxyl groups is 1. The normalized spacial score (nSPS) is 15.3. The molecule has 0 saturated carbocycles. The Kier molecular flexibility index (Phi) is 5.06. The quantitative estimate of drug-likeness (QED) is 0.516. The minimum Gasteiger partial charge on any atom is -0.490 e. The van der Waals surface area contributed by atoms with Gasteiger partial charge in [-0.15, -0.1) is 11.3 Å². The smallest absolute Gasteiger partial charge is 0.178 e. The SMILES string of the molecule is OC(COc1ccccc1-c1noc2ccsc12)CN1CCc2ccccc2C1. The molecule has 2 aromatic carbocycles. The molecule has 1 aliphatic heterocycles. The fourth-order valence-electron chi connectivity index (χ4n) is 3.88. The molecule has 1 unspecified atom stereocenters. The fourth-order valence-corrected chi connectivity index (χ4v) is 4.69. The van der Waals surface area contributed by atoms with Crippen LogP contribution in [0.25, 0.3) is 21.5 Å². The lowest BCUT2D eigenvalue weighted by Gasteiger charge is -2.30. The molecule has 1 N–H and O–H groups in total. The topological polar surface area (TPSA) is 58.7 Å². The van der Waals surface area contributed by atoms with Gasteiger partial charge in [0.05, 0.1) is 0 Å². The monoisotopic (exact) mass is 406 g/mol. The molecule has 0 fully saturated rings. The molecule has 0 radical (unpaired) electrons. The summed E-state index contributed by atoms with van der Waals surface area (Å²) in [5, 5.41) is 16.8. The summed E-state index contributed by atoms with van der Waals surface area (Å²) in [5.41, 5.74) is 5.21. The van der Waals surface area contributed by atoms with E-state index in [1.807, 2.05) is 35.7 Å². The Morgan fingerprint density at radius 3 is 2.86 bits per heavy atom. The highest BCUT2D eigenvalue weighted by Crippen LogP contribution is 2.36. The van der Waals surface area contributed by atoms with Crippen molar-refractivity contribution in [3.8, 4) is 17.0 Å². The van der Waals surface area contributed by atoms with Crippen molar-refractivity contribution in [3.05, 3.63) is 71.1 Å². The van der Waals surface area contributed by atoms with E-state index in [0.29, 0.717) is 12.3 Å². The van der Waals surface area contributed by atoms with Gasteiger partial charge in [-0.3, -0.25) is 4.90 Å². The number of aromatic nitrogens is 1. The van der Waals surface area contributed by atoms with Crippen LogP contribution in [0, 0.1) is 0 Å². The Morgan fingerprint density at radius 2 is 1.93 bits per heavy atom. The summed E-state index contributed by atoms with van der Waals surface area (Å²) in [5.74, 6) is 0.708. The summed E-state index contributed by atoms with van der Waals surface area (Å²) in [6, 6.07) is 18.2. The lowest BCUT2D eigenvalue weighted by Crippen LogP contribution is -2.38. The fraction of sp³-hybridized carbons (Fsp3) is 0.261. The first-order valence-electron chi connectivity index (χ1n) is 9.80. The molecule has 0 bridgehead atoms. The minimum absolute atomic E-state index is 0.237. The van der Waals surface area contributed by atoms with E-state index in [1.54, 1.807) is 11.3 Å². The highest BCUT2D eigenvalue weighted by molar-refractivity contribution is 7.17. The van der Waals surface area contributed by atoms with E-state index in [9.17, 15) is 5.11 Å². The van der Waals surface area contributed by atoms with Gasteiger partial charge in [0, 0.05) is 25.2 Å². The van der Waals surface area contributed by atoms with Crippen molar-refractivity contribution in [1.82, 2.24) is 10.1 Å². The second-order valence-electron chi connectivity index (χ2n) is 7.36. The minimum atomic E-state index is -0.563. The van der Waals surface area contributed by atoms with Gasteiger partial charge in [-0.25, -0.2) is 0 Å². The average Bonchev–Trinajstić information content (AvgIpc) is 3.36. The summed E-state index contributed by atoms with van der Waals surface area (Å²) >= 11 is 1.60. The molecule has 1 atom stereocenters. The van der Waals surface area contributed by atoms with Crippen LogP contribution in [0.4, 0.5) is 0 Å². The molecule has 5 rings (SSSR count). The van der Waals surface area contributed by atoms with Gasteiger partial charge in [-0.1, -0.05) is 41.6 Å². The Labute approximate surface area is 173 Å². The number of aliphatic hydroxyl groups excluding tert-OH is 1. The van der Waals surface area contributed by atoms with Gasteiger partial charge in [0.25, 0.3) is 0 Å². The van der Waals surface area contributed by atoms with Gasteiger partial charge in [0.1, 0.15) is 28.9 Å². The molecule has 4 aromatic rings. The Balaban J connectivity index is 1.25. The van der Waals surface area contributed by atoms with Crippen molar-refractivity contribution in [2.45, 2.75) is 19.1 Å². The maximum Gasteiger partial charge on any atom is 0.178 e. The summed E-state index contributed by atoms with van der Waals surface area (Å²) < 4.78 is 12.4. The van der Waals surface area contributed by atoms with Crippen LogP contribution in [0.3, 0.4) is 0 Å². The first-order valence-corrected chi connectivity index (χ1v) is 10.7. The predicted molar refractivity (Wildman–Crippen MR) is 114 cm³/mol. The Hall–Kier alpha value is -2.67. The van der Waals surface area contributed by atoms with Gasteiger partial charge in [0.15, 0.2) is 5.58 Å².